The number of sulfonamides is 1. The van der Waals surface area contributed by atoms with E-state index in [0.717, 1.165) is 23.8 Å². The van der Waals surface area contributed by atoms with Gasteiger partial charge >= 0.3 is 0 Å². The molecule has 2 amide bonds. The predicted molar refractivity (Wildman–Crippen MR) is 142 cm³/mol. The summed E-state index contributed by atoms with van der Waals surface area (Å²) in [6.07, 6.45) is 2.32. The second kappa shape index (κ2) is 12.9. The van der Waals surface area contributed by atoms with Gasteiger partial charge in [0.1, 0.15) is 6.04 Å². The molecule has 2 rings (SSSR count). The van der Waals surface area contributed by atoms with E-state index in [-0.39, 0.29) is 37.4 Å². The third kappa shape index (κ3) is 8.54. The van der Waals surface area contributed by atoms with Crippen molar-refractivity contribution in [3.8, 4) is 0 Å². The number of rotatable bonds is 12. The second-order valence-corrected chi connectivity index (χ2v) is 11.2. The van der Waals surface area contributed by atoms with Crippen LogP contribution < -0.4 is 9.62 Å². The van der Waals surface area contributed by atoms with E-state index in [1.165, 1.54) is 9.21 Å². The Morgan fingerprint density at radius 2 is 1.69 bits per heavy atom. The lowest BCUT2D eigenvalue weighted by molar-refractivity contribution is -0.140. The Kier molecular flexibility index (Phi) is 10.6. The summed E-state index contributed by atoms with van der Waals surface area (Å²) in [4.78, 5) is 27.7. The molecule has 1 N–H and O–H groups in total. The van der Waals surface area contributed by atoms with Crippen LogP contribution in [0.3, 0.4) is 0 Å². The van der Waals surface area contributed by atoms with Crippen LogP contribution >= 0.6 is 11.6 Å². The number of nitrogens with zero attached hydrogens (tertiary/aromatic N) is 2. The molecule has 0 aliphatic rings. The van der Waals surface area contributed by atoms with E-state index in [4.69, 9.17) is 11.6 Å². The zero-order valence-electron chi connectivity index (χ0n) is 21.1. The second-order valence-electron chi connectivity index (χ2n) is 8.88. The van der Waals surface area contributed by atoms with Crippen molar-refractivity contribution in [3.63, 3.8) is 0 Å². The van der Waals surface area contributed by atoms with Gasteiger partial charge in [0.15, 0.2) is 0 Å². The van der Waals surface area contributed by atoms with Crippen LogP contribution in [0.5, 0.6) is 0 Å². The van der Waals surface area contributed by atoms with E-state index in [1.807, 2.05) is 51.1 Å². The maximum Gasteiger partial charge on any atom is 0.242 e. The molecule has 2 aromatic carbocycles. The van der Waals surface area contributed by atoms with Crippen LogP contribution in [-0.2, 0) is 26.2 Å². The molecule has 9 heteroatoms. The monoisotopic (exact) mass is 521 g/mol. The minimum Gasteiger partial charge on any atom is -0.352 e. The van der Waals surface area contributed by atoms with Crippen LogP contribution in [-0.4, -0.2) is 50.0 Å². The van der Waals surface area contributed by atoms with Gasteiger partial charge in [-0.3, -0.25) is 13.9 Å². The molecular weight excluding hydrogens is 486 g/mol. The van der Waals surface area contributed by atoms with Crippen molar-refractivity contribution in [2.75, 3.05) is 17.1 Å². The van der Waals surface area contributed by atoms with Crippen molar-refractivity contribution >= 4 is 39.1 Å². The van der Waals surface area contributed by atoms with Gasteiger partial charge in [-0.05, 0) is 57.4 Å². The Labute approximate surface area is 214 Å². The van der Waals surface area contributed by atoms with Gasteiger partial charge < -0.3 is 10.2 Å². The molecule has 192 valence electrons. The molecule has 0 aliphatic heterocycles. The largest absolute Gasteiger partial charge is 0.352 e. The third-order valence-electron chi connectivity index (χ3n) is 5.94. The Bertz CT molecular complexity index is 1110. The SMILES string of the molecule is CC[C@@H](C)NC(=O)[C@@H](C)N(Cc1ccccc1Cl)C(=O)CCCN(c1ccc(C)cc1)S(C)(=O)=O. The average molecular weight is 522 g/mol. The highest BCUT2D eigenvalue weighted by molar-refractivity contribution is 7.92. The van der Waals surface area contributed by atoms with Gasteiger partial charge in [-0.2, -0.15) is 0 Å². The van der Waals surface area contributed by atoms with Gasteiger partial charge in [-0.1, -0.05) is 54.4 Å². The molecule has 0 bridgehead atoms. The van der Waals surface area contributed by atoms with Crippen molar-refractivity contribution in [1.82, 2.24) is 10.2 Å². The lowest BCUT2D eigenvalue weighted by Gasteiger charge is -2.30. The Hall–Kier alpha value is -2.58. The van der Waals surface area contributed by atoms with Gasteiger partial charge in [0, 0.05) is 30.6 Å². The first kappa shape index (κ1) is 28.7. The number of hydrogen-bond acceptors (Lipinski definition) is 4. The summed E-state index contributed by atoms with van der Waals surface area (Å²) < 4.78 is 26.1. The minimum atomic E-state index is -3.52. The summed E-state index contributed by atoms with van der Waals surface area (Å²) in [6.45, 7) is 7.85. The molecule has 0 spiro atoms. The predicted octanol–water partition coefficient (Wildman–Crippen LogP) is 4.53. The van der Waals surface area contributed by atoms with E-state index in [1.54, 1.807) is 25.1 Å². The van der Waals surface area contributed by atoms with Crippen LogP contribution in [0.2, 0.25) is 5.02 Å². The van der Waals surface area contributed by atoms with E-state index < -0.39 is 16.1 Å². The lowest BCUT2D eigenvalue weighted by atomic mass is 10.1. The number of amides is 2. The summed E-state index contributed by atoms with van der Waals surface area (Å²) in [7, 11) is -3.52. The van der Waals surface area contributed by atoms with Gasteiger partial charge in [0.05, 0.1) is 11.9 Å². The molecule has 35 heavy (non-hydrogen) atoms. The summed E-state index contributed by atoms with van der Waals surface area (Å²) in [5.41, 5.74) is 2.32. The van der Waals surface area contributed by atoms with E-state index in [2.05, 4.69) is 5.32 Å². The highest BCUT2D eigenvalue weighted by Gasteiger charge is 2.27. The number of halogens is 1. The van der Waals surface area contributed by atoms with Crippen LogP contribution in [0.4, 0.5) is 5.69 Å². The minimum absolute atomic E-state index is 0.0138. The zero-order chi connectivity index (χ0) is 26.2. The molecule has 0 heterocycles. The van der Waals surface area contributed by atoms with Crippen molar-refractivity contribution in [2.45, 2.75) is 65.6 Å². The molecule has 0 fully saturated rings. The maximum atomic E-state index is 13.3. The van der Waals surface area contributed by atoms with Gasteiger partial charge in [-0.25, -0.2) is 8.42 Å². The molecule has 0 radical (unpaired) electrons. The van der Waals surface area contributed by atoms with E-state index in [9.17, 15) is 18.0 Å². The zero-order valence-corrected chi connectivity index (χ0v) is 22.7. The Morgan fingerprint density at radius 3 is 2.26 bits per heavy atom. The summed E-state index contributed by atoms with van der Waals surface area (Å²) >= 11 is 6.33. The molecular formula is C26H36ClN3O4S. The fraction of sp³-hybridized carbons (Fsp3) is 0.462. The molecule has 7 nitrogen and oxygen atoms in total. The van der Waals surface area contributed by atoms with Crippen LogP contribution in [0, 0.1) is 6.92 Å². The highest BCUT2D eigenvalue weighted by atomic mass is 35.5. The molecule has 0 saturated heterocycles. The van der Waals surface area contributed by atoms with Gasteiger partial charge in [0.2, 0.25) is 21.8 Å². The number of benzene rings is 2. The van der Waals surface area contributed by atoms with Crippen molar-refractivity contribution < 1.29 is 18.0 Å². The van der Waals surface area contributed by atoms with Crippen LogP contribution in [0.15, 0.2) is 48.5 Å². The lowest BCUT2D eigenvalue weighted by Crippen LogP contribution is -2.49. The number of hydrogen-bond donors (Lipinski definition) is 1. The number of carbonyl (C=O) groups excluding carboxylic acids is 2. The number of nitrogens with one attached hydrogen (secondary N) is 1. The summed E-state index contributed by atoms with van der Waals surface area (Å²) in [5.74, 6) is -0.480. The smallest absolute Gasteiger partial charge is 0.242 e. The van der Waals surface area contributed by atoms with Crippen molar-refractivity contribution in [3.05, 3.63) is 64.7 Å². The first-order valence-electron chi connectivity index (χ1n) is 11.8. The molecule has 0 unspecified atom stereocenters. The number of carbonyl (C=O) groups is 2. The van der Waals surface area contributed by atoms with Crippen LogP contribution in [0.25, 0.3) is 0 Å². The van der Waals surface area contributed by atoms with Gasteiger partial charge in [0.25, 0.3) is 0 Å². The normalized spacial score (nSPS) is 13.1. The maximum absolute atomic E-state index is 13.3. The molecule has 2 atom stereocenters. The highest BCUT2D eigenvalue weighted by Crippen LogP contribution is 2.21. The number of aryl methyl sites for hydroxylation is 1. The quantitative estimate of drug-likeness (QED) is 0.444. The van der Waals surface area contributed by atoms with E-state index in [0.29, 0.717) is 17.1 Å². The van der Waals surface area contributed by atoms with Gasteiger partial charge in [-0.15, -0.1) is 0 Å². The summed E-state index contributed by atoms with van der Waals surface area (Å²) in [5, 5.41) is 3.45. The van der Waals surface area contributed by atoms with E-state index >= 15 is 0 Å². The fourth-order valence-corrected chi connectivity index (χ4v) is 4.73. The van der Waals surface area contributed by atoms with Crippen molar-refractivity contribution in [1.29, 1.82) is 0 Å². The third-order valence-corrected chi connectivity index (χ3v) is 7.50. The van der Waals surface area contributed by atoms with Crippen LogP contribution in [0.1, 0.15) is 51.2 Å². The Balaban J connectivity index is 2.18. The standard InChI is InChI=1S/C26H36ClN3O4S/c1-6-20(3)28-26(32)21(4)29(18-22-10-7-8-11-24(22)27)25(31)12-9-17-30(35(5,33)34)23-15-13-19(2)14-16-23/h7-8,10-11,13-16,20-21H,6,9,12,17-18H2,1-5H3,(H,28,32)/t20-,21-/m1/s1. The molecule has 0 saturated carbocycles. The first-order valence-corrected chi connectivity index (χ1v) is 14.0. The fourth-order valence-electron chi connectivity index (χ4n) is 3.57. The average Bonchev–Trinajstić information content (AvgIpc) is 2.80. The first-order chi connectivity index (χ1) is 16.4. The molecule has 2 aromatic rings. The molecule has 0 aliphatic carbocycles. The summed E-state index contributed by atoms with van der Waals surface area (Å²) in [6, 6.07) is 13.7. The molecule has 0 aromatic heterocycles. The van der Waals surface area contributed by atoms with Crippen molar-refractivity contribution in [2.24, 2.45) is 0 Å². The number of anilines is 1. The topological polar surface area (TPSA) is 86.8 Å². The Morgan fingerprint density at radius 1 is 1.06 bits per heavy atom.